The maximum atomic E-state index is 12.9. The average molecular weight is 403 g/mol. The Hall–Kier alpha value is -3.03. The zero-order valence-corrected chi connectivity index (χ0v) is 17.4. The number of hydrogen-bond donors (Lipinski definition) is 4. The van der Waals surface area contributed by atoms with Crippen molar-refractivity contribution in [3.63, 3.8) is 0 Å². The molecule has 1 aromatic heterocycles. The molecule has 2 rings (SSSR count). The molecule has 2 atom stereocenters. The van der Waals surface area contributed by atoms with E-state index >= 15 is 0 Å². The van der Waals surface area contributed by atoms with Crippen LogP contribution in [0, 0.1) is 5.92 Å². The van der Waals surface area contributed by atoms with Gasteiger partial charge in [0.1, 0.15) is 17.7 Å². The first-order valence-electron chi connectivity index (χ1n) is 9.55. The van der Waals surface area contributed by atoms with Gasteiger partial charge in [0.15, 0.2) is 0 Å². The van der Waals surface area contributed by atoms with Gasteiger partial charge in [-0.15, -0.1) is 0 Å². The van der Waals surface area contributed by atoms with E-state index in [-0.39, 0.29) is 12.3 Å². The highest BCUT2D eigenvalue weighted by molar-refractivity contribution is 5.91. The first-order valence-corrected chi connectivity index (χ1v) is 9.55. The summed E-state index contributed by atoms with van der Waals surface area (Å²) in [6, 6.07) is 5.55. The topological polar surface area (TPSA) is 121 Å². The van der Waals surface area contributed by atoms with Gasteiger partial charge in [0, 0.05) is 23.5 Å². The number of ether oxygens (including phenoxy) is 1. The molecule has 0 saturated heterocycles. The molecule has 8 nitrogen and oxygen atoms in total. The van der Waals surface area contributed by atoms with E-state index in [2.05, 4.69) is 15.6 Å². The Balaban J connectivity index is 2.25. The van der Waals surface area contributed by atoms with Crippen LogP contribution in [-0.4, -0.2) is 45.7 Å². The van der Waals surface area contributed by atoms with E-state index in [0.29, 0.717) is 0 Å². The van der Waals surface area contributed by atoms with Gasteiger partial charge in [0.05, 0.1) is 0 Å². The molecule has 2 aromatic rings. The Morgan fingerprint density at radius 2 is 1.79 bits per heavy atom. The monoisotopic (exact) mass is 403 g/mol. The van der Waals surface area contributed by atoms with Crippen molar-refractivity contribution in [2.45, 2.75) is 58.7 Å². The van der Waals surface area contributed by atoms with E-state index in [9.17, 15) is 19.5 Å². The molecular weight excluding hydrogens is 374 g/mol. The number of carboxylic acid groups (broad SMARTS) is 1. The molecule has 4 N–H and O–H groups in total. The lowest BCUT2D eigenvalue weighted by Gasteiger charge is -2.25. The normalized spacial score (nSPS) is 13.7. The van der Waals surface area contributed by atoms with Crippen molar-refractivity contribution < 1.29 is 24.2 Å². The van der Waals surface area contributed by atoms with E-state index < -0.39 is 35.7 Å². The first kappa shape index (κ1) is 22.3. The van der Waals surface area contributed by atoms with Crippen LogP contribution in [0.2, 0.25) is 0 Å². The highest BCUT2D eigenvalue weighted by Gasteiger charge is 2.30. The van der Waals surface area contributed by atoms with Crippen LogP contribution in [0.3, 0.4) is 0 Å². The molecule has 2 amide bonds. The molecule has 0 unspecified atom stereocenters. The highest BCUT2D eigenvalue weighted by Crippen LogP contribution is 2.19. The van der Waals surface area contributed by atoms with Crippen molar-refractivity contribution in [3.8, 4) is 0 Å². The average Bonchev–Trinajstić information content (AvgIpc) is 2.99. The molecule has 0 bridgehead atoms. The molecule has 0 saturated carbocycles. The van der Waals surface area contributed by atoms with Gasteiger partial charge in [-0.2, -0.15) is 0 Å². The molecule has 1 aromatic carbocycles. The predicted octanol–water partition coefficient (Wildman–Crippen LogP) is 2.83. The quantitative estimate of drug-likeness (QED) is 0.566. The fraction of sp³-hybridized carbons (Fsp3) is 0.476. The van der Waals surface area contributed by atoms with Gasteiger partial charge in [-0.25, -0.2) is 9.59 Å². The molecular formula is C21H29N3O5. The van der Waals surface area contributed by atoms with Crippen LogP contribution in [0.15, 0.2) is 30.5 Å². The highest BCUT2D eigenvalue weighted by atomic mass is 16.6. The minimum atomic E-state index is -1.13. The maximum absolute atomic E-state index is 12.9. The number of H-pyrrole nitrogens is 1. The third-order valence-corrected chi connectivity index (χ3v) is 4.34. The van der Waals surface area contributed by atoms with Gasteiger partial charge in [-0.3, -0.25) is 4.79 Å². The van der Waals surface area contributed by atoms with Crippen molar-refractivity contribution in [3.05, 3.63) is 36.0 Å². The number of rotatable bonds is 7. The summed E-state index contributed by atoms with van der Waals surface area (Å²) < 4.78 is 5.27. The second-order valence-corrected chi connectivity index (χ2v) is 8.33. The lowest BCUT2D eigenvalue weighted by molar-refractivity contribution is -0.143. The fourth-order valence-electron chi connectivity index (χ4n) is 2.95. The standard InChI is InChI=1S/C21H29N3O5/c1-12(2)17(19(26)27)24-18(25)16(23-20(28)29-21(3,4)5)10-13-11-22-15-9-7-6-8-14(13)15/h6-9,11-12,16-17,22H,10H2,1-5H3,(H,23,28)(H,24,25)(H,26,27)/t16-,17-/m0/s1. The van der Waals surface area contributed by atoms with E-state index in [0.717, 1.165) is 16.5 Å². The lowest BCUT2D eigenvalue weighted by atomic mass is 10.0. The maximum Gasteiger partial charge on any atom is 0.408 e. The van der Waals surface area contributed by atoms with Crippen LogP contribution in [0.25, 0.3) is 10.9 Å². The number of alkyl carbamates (subject to hydrolysis) is 1. The Kier molecular flexibility index (Phi) is 6.89. The van der Waals surface area contributed by atoms with Crippen molar-refractivity contribution in [1.82, 2.24) is 15.6 Å². The number of carbonyl (C=O) groups excluding carboxylic acids is 2. The SMILES string of the molecule is CC(C)[C@H](NC(=O)[C@H](Cc1c[nH]c2ccccc12)NC(=O)OC(C)(C)C)C(=O)O. The van der Waals surface area contributed by atoms with E-state index in [4.69, 9.17) is 4.74 Å². The summed E-state index contributed by atoms with van der Waals surface area (Å²) in [4.78, 5) is 39.8. The predicted molar refractivity (Wildman–Crippen MR) is 110 cm³/mol. The van der Waals surface area contributed by atoms with Gasteiger partial charge >= 0.3 is 12.1 Å². The van der Waals surface area contributed by atoms with E-state index in [1.54, 1.807) is 40.8 Å². The summed E-state index contributed by atoms with van der Waals surface area (Å²) >= 11 is 0. The number of nitrogens with one attached hydrogen (secondary N) is 3. The number of aliphatic carboxylic acids is 1. The van der Waals surface area contributed by atoms with Gasteiger partial charge in [0.2, 0.25) is 5.91 Å². The Morgan fingerprint density at radius 1 is 1.14 bits per heavy atom. The number of aromatic amines is 1. The van der Waals surface area contributed by atoms with Gasteiger partial charge < -0.3 is 25.5 Å². The number of aromatic nitrogens is 1. The third kappa shape index (κ3) is 6.23. The molecule has 0 spiro atoms. The van der Waals surface area contributed by atoms with Gasteiger partial charge in [-0.1, -0.05) is 32.0 Å². The molecule has 0 fully saturated rings. The summed E-state index contributed by atoms with van der Waals surface area (Å²) in [6.07, 6.45) is 1.21. The lowest BCUT2D eigenvalue weighted by Crippen LogP contribution is -2.54. The van der Waals surface area contributed by atoms with Crippen molar-refractivity contribution in [1.29, 1.82) is 0 Å². The number of benzene rings is 1. The fourth-order valence-corrected chi connectivity index (χ4v) is 2.95. The number of fused-ring (bicyclic) bond motifs is 1. The largest absolute Gasteiger partial charge is 0.480 e. The number of carbonyl (C=O) groups is 3. The molecule has 0 aliphatic carbocycles. The Morgan fingerprint density at radius 3 is 2.38 bits per heavy atom. The van der Waals surface area contributed by atoms with Crippen LogP contribution in [-0.2, 0) is 20.7 Å². The molecule has 29 heavy (non-hydrogen) atoms. The molecule has 0 aliphatic rings. The van der Waals surface area contributed by atoms with Crippen LogP contribution in [0.1, 0.15) is 40.2 Å². The first-order chi connectivity index (χ1) is 13.5. The number of amides is 2. The zero-order valence-electron chi connectivity index (χ0n) is 17.4. The molecule has 0 radical (unpaired) electrons. The second-order valence-electron chi connectivity index (χ2n) is 8.33. The van der Waals surface area contributed by atoms with E-state index in [1.165, 1.54) is 0 Å². The minimum absolute atomic E-state index is 0.180. The molecule has 158 valence electrons. The van der Waals surface area contributed by atoms with Gasteiger partial charge in [-0.05, 0) is 38.3 Å². The molecule has 1 heterocycles. The molecule has 8 heteroatoms. The van der Waals surface area contributed by atoms with Crippen molar-refractivity contribution in [2.24, 2.45) is 5.92 Å². The number of carboxylic acids is 1. The minimum Gasteiger partial charge on any atom is -0.480 e. The van der Waals surface area contributed by atoms with Crippen LogP contribution < -0.4 is 10.6 Å². The number of para-hydroxylation sites is 1. The van der Waals surface area contributed by atoms with Crippen LogP contribution >= 0.6 is 0 Å². The van der Waals surface area contributed by atoms with Gasteiger partial charge in [0.25, 0.3) is 0 Å². The number of hydrogen-bond acceptors (Lipinski definition) is 4. The zero-order chi connectivity index (χ0) is 21.8. The summed E-state index contributed by atoms with van der Waals surface area (Å²) in [5.74, 6) is -2.02. The summed E-state index contributed by atoms with van der Waals surface area (Å²) in [6.45, 7) is 8.58. The Labute approximate surface area is 170 Å². The summed E-state index contributed by atoms with van der Waals surface area (Å²) in [7, 11) is 0. The third-order valence-electron chi connectivity index (χ3n) is 4.34. The van der Waals surface area contributed by atoms with E-state index in [1.807, 2.05) is 24.3 Å². The Bertz CT molecular complexity index is 882. The second kappa shape index (κ2) is 8.98. The van der Waals surface area contributed by atoms with Crippen molar-refractivity contribution in [2.75, 3.05) is 0 Å². The smallest absolute Gasteiger partial charge is 0.408 e. The summed E-state index contributed by atoms with van der Waals surface area (Å²) in [5, 5.41) is 15.4. The van der Waals surface area contributed by atoms with Crippen LogP contribution in [0.4, 0.5) is 4.79 Å². The van der Waals surface area contributed by atoms with Crippen molar-refractivity contribution >= 4 is 28.9 Å². The molecule has 0 aliphatic heterocycles. The summed E-state index contributed by atoms with van der Waals surface area (Å²) in [5.41, 5.74) is 1.01. The van der Waals surface area contributed by atoms with Crippen LogP contribution in [0.5, 0.6) is 0 Å².